The number of rotatable bonds is 7. The number of ether oxygens (including phenoxy) is 1. The first kappa shape index (κ1) is 20.6. The number of amides is 3. The van der Waals surface area contributed by atoms with E-state index >= 15 is 0 Å². The van der Waals surface area contributed by atoms with Crippen LogP contribution in [0.3, 0.4) is 0 Å². The number of anilines is 1. The van der Waals surface area contributed by atoms with Crippen molar-refractivity contribution >= 4 is 17.6 Å². The molecule has 2 N–H and O–H groups in total. The number of carbonyl (C=O) groups excluding carboxylic acids is 2. The van der Waals surface area contributed by atoms with Gasteiger partial charge < -0.3 is 20.3 Å². The zero-order valence-electron chi connectivity index (χ0n) is 17.3. The molecular weight excluding hydrogens is 354 g/mol. The molecule has 1 aromatic rings. The van der Waals surface area contributed by atoms with Crippen LogP contribution in [0.1, 0.15) is 52.0 Å². The Hall–Kier alpha value is -2.08. The maximum absolute atomic E-state index is 12.6. The highest BCUT2D eigenvalue weighted by Crippen LogP contribution is 2.49. The second-order valence-electron chi connectivity index (χ2n) is 8.66. The van der Waals surface area contributed by atoms with Crippen LogP contribution in [-0.4, -0.2) is 42.6 Å². The molecule has 6 heteroatoms. The molecule has 0 aromatic heterocycles. The first-order valence-corrected chi connectivity index (χ1v) is 10.4. The lowest BCUT2D eigenvalue weighted by Crippen LogP contribution is -2.46. The Balaban J connectivity index is 1.45. The van der Waals surface area contributed by atoms with E-state index in [1.807, 2.05) is 49.9 Å². The molecule has 0 bridgehead atoms. The van der Waals surface area contributed by atoms with Crippen LogP contribution in [0.5, 0.6) is 0 Å². The Labute approximate surface area is 168 Å². The molecule has 154 valence electrons. The number of hydrogen-bond donors (Lipinski definition) is 2. The van der Waals surface area contributed by atoms with E-state index in [1.165, 1.54) is 0 Å². The molecule has 2 aliphatic rings. The summed E-state index contributed by atoms with van der Waals surface area (Å²) in [5.74, 6) is 0.343. The van der Waals surface area contributed by atoms with E-state index in [0.29, 0.717) is 25.0 Å². The van der Waals surface area contributed by atoms with Crippen molar-refractivity contribution in [2.75, 3.05) is 25.0 Å². The summed E-state index contributed by atoms with van der Waals surface area (Å²) in [6.45, 7) is 8.94. The van der Waals surface area contributed by atoms with Crippen LogP contribution in [0.25, 0.3) is 0 Å². The number of likely N-dealkylation sites (tertiary alicyclic amines) is 1. The van der Waals surface area contributed by atoms with E-state index in [1.54, 1.807) is 0 Å². The van der Waals surface area contributed by atoms with Crippen molar-refractivity contribution in [3.05, 3.63) is 29.8 Å². The lowest BCUT2D eigenvalue weighted by Gasteiger charge is -2.44. The Kier molecular flexibility index (Phi) is 6.60. The zero-order valence-corrected chi connectivity index (χ0v) is 17.3. The molecule has 1 spiro atoms. The third-order valence-electron chi connectivity index (χ3n) is 5.70. The number of nitrogens with zero attached hydrogens (tertiary/aromatic N) is 1. The highest BCUT2D eigenvalue weighted by molar-refractivity contribution is 5.90. The highest BCUT2D eigenvalue weighted by Gasteiger charge is 2.49. The third kappa shape index (κ3) is 5.25. The molecule has 0 atom stereocenters. The highest BCUT2D eigenvalue weighted by atomic mass is 16.5. The molecule has 1 aromatic carbocycles. The van der Waals surface area contributed by atoms with Crippen molar-refractivity contribution in [2.24, 2.45) is 11.3 Å². The average molecular weight is 388 g/mol. The van der Waals surface area contributed by atoms with Gasteiger partial charge in [-0.15, -0.1) is 0 Å². The molecule has 3 rings (SSSR count). The molecule has 0 radical (unpaired) electrons. The molecule has 28 heavy (non-hydrogen) atoms. The maximum Gasteiger partial charge on any atom is 0.317 e. The second-order valence-corrected chi connectivity index (χ2v) is 8.66. The topological polar surface area (TPSA) is 70.7 Å². The van der Waals surface area contributed by atoms with E-state index in [-0.39, 0.29) is 17.4 Å². The summed E-state index contributed by atoms with van der Waals surface area (Å²) < 4.78 is 5.68. The molecule has 1 saturated heterocycles. The van der Waals surface area contributed by atoms with Crippen LogP contribution in [0.15, 0.2) is 24.3 Å². The summed E-state index contributed by atoms with van der Waals surface area (Å²) in [5, 5.41) is 5.94. The van der Waals surface area contributed by atoms with Crippen LogP contribution in [-0.2, 0) is 16.1 Å². The minimum absolute atomic E-state index is 0.00835. The Bertz CT molecular complexity index is 698. The fourth-order valence-electron chi connectivity index (χ4n) is 4.33. The maximum atomic E-state index is 12.6. The number of hydrogen-bond acceptors (Lipinski definition) is 3. The first-order valence-electron chi connectivity index (χ1n) is 10.4. The first-order chi connectivity index (χ1) is 13.4. The summed E-state index contributed by atoms with van der Waals surface area (Å²) >= 11 is 0. The van der Waals surface area contributed by atoms with Crippen LogP contribution in [0, 0.1) is 11.3 Å². The Morgan fingerprint density at radius 1 is 1.32 bits per heavy atom. The molecule has 1 heterocycles. The Morgan fingerprint density at radius 3 is 2.82 bits per heavy atom. The number of nitrogens with one attached hydrogen (secondary N) is 2. The van der Waals surface area contributed by atoms with E-state index in [0.717, 1.165) is 50.2 Å². The quantitative estimate of drug-likeness (QED) is 0.748. The molecule has 0 unspecified atom stereocenters. The molecule has 3 amide bonds. The lowest BCUT2D eigenvalue weighted by atomic mass is 9.66. The van der Waals surface area contributed by atoms with E-state index in [2.05, 4.69) is 10.6 Å². The molecule has 1 aliphatic heterocycles. The number of carbonyl (C=O) groups is 2. The van der Waals surface area contributed by atoms with Crippen LogP contribution in [0.4, 0.5) is 10.5 Å². The molecule has 2 fully saturated rings. The summed E-state index contributed by atoms with van der Waals surface area (Å²) in [6, 6.07) is 7.65. The zero-order chi connectivity index (χ0) is 20.1. The normalized spacial score (nSPS) is 23.7. The van der Waals surface area contributed by atoms with E-state index in [4.69, 9.17) is 4.74 Å². The van der Waals surface area contributed by atoms with Gasteiger partial charge in [0.15, 0.2) is 0 Å². The summed E-state index contributed by atoms with van der Waals surface area (Å²) in [6.07, 6.45) is 4.09. The van der Waals surface area contributed by atoms with Crippen molar-refractivity contribution in [1.82, 2.24) is 10.2 Å². The van der Waals surface area contributed by atoms with Gasteiger partial charge in [0.05, 0.1) is 6.10 Å². The predicted molar refractivity (Wildman–Crippen MR) is 110 cm³/mol. The number of benzene rings is 1. The van der Waals surface area contributed by atoms with Crippen molar-refractivity contribution in [3.8, 4) is 0 Å². The average Bonchev–Trinajstić information content (AvgIpc) is 3.05. The van der Waals surface area contributed by atoms with Gasteiger partial charge in [-0.1, -0.05) is 26.0 Å². The van der Waals surface area contributed by atoms with Gasteiger partial charge in [0.1, 0.15) is 0 Å². The van der Waals surface area contributed by atoms with Crippen molar-refractivity contribution in [1.29, 1.82) is 0 Å². The lowest BCUT2D eigenvalue weighted by molar-refractivity contribution is -0.116. The fourth-order valence-corrected chi connectivity index (χ4v) is 4.33. The van der Waals surface area contributed by atoms with Crippen molar-refractivity contribution in [3.63, 3.8) is 0 Å². The molecule has 1 saturated carbocycles. The van der Waals surface area contributed by atoms with Gasteiger partial charge in [0, 0.05) is 38.3 Å². The van der Waals surface area contributed by atoms with E-state index in [9.17, 15) is 9.59 Å². The van der Waals surface area contributed by atoms with Gasteiger partial charge in [0.2, 0.25) is 5.91 Å². The summed E-state index contributed by atoms with van der Waals surface area (Å²) in [4.78, 5) is 26.4. The fraction of sp³-hybridized carbons (Fsp3) is 0.636. The van der Waals surface area contributed by atoms with Crippen LogP contribution in [0.2, 0.25) is 0 Å². The Morgan fingerprint density at radius 2 is 2.11 bits per heavy atom. The van der Waals surface area contributed by atoms with Gasteiger partial charge in [-0.25, -0.2) is 4.79 Å². The minimum atomic E-state index is -0.00835. The van der Waals surface area contributed by atoms with Crippen LogP contribution >= 0.6 is 0 Å². The smallest absolute Gasteiger partial charge is 0.317 e. The monoisotopic (exact) mass is 387 g/mol. The van der Waals surface area contributed by atoms with Gasteiger partial charge in [0.25, 0.3) is 0 Å². The predicted octanol–water partition coefficient (Wildman–Crippen LogP) is 3.77. The third-order valence-corrected chi connectivity index (χ3v) is 5.70. The van der Waals surface area contributed by atoms with Crippen molar-refractivity contribution in [2.45, 2.75) is 59.1 Å². The van der Waals surface area contributed by atoms with Gasteiger partial charge in [-0.05, 0) is 55.2 Å². The van der Waals surface area contributed by atoms with Gasteiger partial charge >= 0.3 is 6.03 Å². The van der Waals surface area contributed by atoms with Gasteiger partial charge in [-0.2, -0.15) is 0 Å². The van der Waals surface area contributed by atoms with Crippen LogP contribution < -0.4 is 10.6 Å². The summed E-state index contributed by atoms with van der Waals surface area (Å²) in [7, 11) is 0. The molecule has 1 aliphatic carbocycles. The van der Waals surface area contributed by atoms with Gasteiger partial charge in [-0.3, -0.25) is 4.79 Å². The second kappa shape index (κ2) is 8.95. The van der Waals surface area contributed by atoms with E-state index < -0.39 is 0 Å². The molecule has 6 nitrogen and oxygen atoms in total. The summed E-state index contributed by atoms with van der Waals surface area (Å²) in [5.41, 5.74) is 2.02. The van der Waals surface area contributed by atoms with Crippen molar-refractivity contribution < 1.29 is 14.3 Å². The SMILES string of the molecule is CCOC1CC2(CCN(C(=O)NCc3cccc(NC(=O)CC(C)C)c3)C2)C1. The minimum Gasteiger partial charge on any atom is -0.378 e. The molecular formula is C22H33N3O3. The largest absolute Gasteiger partial charge is 0.378 e. The standard InChI is InChI=1S/C22H33N3O3/c1-4-28-19-12-22(13-19)8-9-25(15-22)21(27)23-14-17-6-5-7-18(11-17)24-20(26)10-16(2)3/h5-7,11,16,19H,4,8-10,12-15H2,1-3H3,(H,23,27)(H,24,26). The number of urea groups is 1.